The molecule has 192 valence electrons. The zero-order valence-corrected chi connectivity index (χ0v) is 18.9. The second-order valence-electron chi connectivity index (χ2n) is 7.99. The molecule has 2 atom stereocenters. The maximum absolute atomic E-state index is 13.9. The molecule has 0 aliphatic carbocycles. The molecule has 13 heteroatoms. The topological polar surface area (TPSA) is 77.4 Å². The predicted molar refractivity (Wildman–Crippen MR) is 117 cm³/mol. The molecular weight excluding hydrogens is 494 g/mol. The number of fused-ring (bicyclic) bond motifs is 1. The third kappa shape index (κ3) is 4.90. The van der Waals surface area contributed by atoms with Crippen LogP contribution in [0.5, 0.6) is 11.5 Å². The minimum atomic E-state index is -4.69. The number of benzene rings is 2. The number of rotatable bonds is 5. The lowest BCUT2D eigenvalue weighted by molar-refractivity contribution is -0.173. The standard InChI is InChI=1S/C23H20F6N4O3/c1-35-17-7-6-12(8-18(17)36-2)16-10-19(23(27,28)29)33-20(32-16)15(11-30-33)21(34)31-14-5-3-4-13(9-14)22(24,25)26/h3-9,11,16,19,32H,10H2,1-2H3,(H,31,34)/t16-,19-/m0/s1. The number of alkyl halides is 6. The largest absolute Gasteiger partial charge is 0.493 e. The summed E-state index contributed by atoms with van der Waals surface area (Å²) in [6.45, 7) is 0. The van der Waals surface area contributed by atoms with Crippen molar-refractivity contribution in [2.24, 2.45) is 0 Å². The van der Waals surface area contributed by atoms with Gasteiger partial charge >= 0.3 is 12.4 Å². The first-order chi connectivity index (χ1) is 16.9. The van der Waals surface area contributed by atoms with Gasteiger partial charge in [-0.15, -0.1) is 0 Å². The Morgan fingerprint density at radius 3 is 2.42 bits per heavy atom. The highest BCUT2D eigenvalue weighted by Crippen LogP contribution is 2.45. The summed E-state index contributed by atoms with van der Waals surface area (Å²) in [6.07, 6.45) is -8.80. The quantitative estimate of drug-likeness (QED) is 0.419. The summed E-state index contributed by atoms with van der Waals surface area (Å²) < 4.78 is 91.9. The Labute approximate surface area is 201 Å². The van der Waals surface area contributed by atoms with Crippen LogP contribution in [-0.2, 0) is 6.18 Å². The van der Waals surface area contributed by atoms with Crippen LogP contribution in [0.1, 0.15) is 40.0 Å². The molecule has 0 saturated carbocycles. The molecule has 0 saturated heterocycles. The number of carbonyl (C=O) groups is 1. The number of methoxy groups -OCH3 is 2. The maximum Gasteiger partial charge on any atom is 0.416 e. The number of hydrogen-bond acceptors (Lipinski definition) is 5. The van der Waals surface area contributed by atoms with Gasteiger partial charge < -0.3 is 20.1 Å². The Balaban J connectivity index is 1.68. The van der Waals surface area contributed by atoms with Crippen molar-refractivity contribution in [2.45, 2.75) is 30.9 Å². The van der Waals surface area contributed by atoms with E-state index in [0.29, 0.717) is 21.7 Å². The lowest BCUT2D eigenvalue weighted by atomic mass is 9.96. The molecular formula is C23H20F6N4O3. The Morgan fingerprint density at radius 1 is 1.06 bits per heavy atom. The molecule has 36 heavy (non-hydrogen) atoms. The fourth-order valence-electron chi connectivity index (χ4n) is 3.99. The summed E-state index contributed by atoms with van der Waals surface area (Å²) >= 11 is 0. The van der Waals surface area contributed by atoms with Crippen LogP contribution in [0.3, 0.4) is 0 Å². The number of hydrogen-bond donors (Lipinski definition) is 2. The van der Waals surface area contributed by atoms with Gasteiger partial charge in [0, 0.05) is 12.1 Å². The molecule has 2 heterocycles. The molecule has 1 amide bonds. The van der Waals surface area contributed by atoms with Gasteiger partial charge in [0.1, 0.15) is 11.4 Å². The van der Waals surface area contributed by atoms with Crippen LogP contribution in [0.2, 0.25) is 0 Å². The number of nitrogens with one attached hydrogen (secondary N) is 2. The Hall–Kier alpha value is -3.90. The van der Waals surface area contributed by atoms with Crippen molar-refractivity contribution >= 4 is 17.4 Å². The van der Waals surface area contributed by atoms with E-state index in [0.717, 1.165) is 24.4 Å². The highest BCUT2D eigenvalue weighted by atomic mass is 19.4. The van der Waals surface area contributed by atoms with E-state index < -0.39 is 42.3 Å². The van der Waals surface area contributed by atoms with E-state index in [2.05, 4.69) is 15.7 Å². The molecule has 1 aromatic heterocycles. The fraction of sp³-hybridized carbons (Fsp3) is 0.304. The summed E-state index contributed by atoms with van der Waals surface area (Å²) in [5.41, 5.74) is -0.971. The Morgan fingerprint density at radius 2 is 1.78 bits per heavy atom. The van der Waals surface area contributed by atoms with Crippen molar-refractivity contribution in [3.8, 4) is 11.5 Å². The van der Waals surface area contributed by atoms with E-state index in [4.69, 9.17) is 9.47 Å². The average molecular weight is 514 g/mol. The fourth-order valence-corrected chi connectivity index (χ4v) is 3.99. The number of carbonyl (C=O) groups excluding carboxylic acids is 1. The minimum Gasteiger partial charge on any atom is -0.493 e. The summed E-state index contributed by atoms with van der Waals surface area (Å²) in [5.74, 6) is -0.442. The van der Waals surface area contributed by atoms with Crippen LogP contribution >= 0.6 is 0 Å². The molecule has 0 spiro atoms. The highest BCUT2D eigenvalue weighted by Gasteiger charge is 2.47. The SMILES string of the molecule is COc1ccc([C@@H]2C[C@@H](C(F)(F)F)n3ncc(C(=O)Nc4cccc(C(F)(F)F)c4)c3N2)cc1OC. The van der Waals surface area contributed by atoms with Crippen LogP contribution in [-0.4, -0.2) is 36.1 Å². The smallest absolute Gasteiger partial charge is 0.416 e. The van der Waals surface area contributed by atoms with Gasteiger partial charge in [0.15, 0.2) is 17.5 Å². The van der Waals surface area contributed by atoms with Crippen LogP contribution in [0, 0.1) is 0 Å². The molecule has 1 aliphatic rings. The summed E-state index contributed by atoms with van der Waals surface area (Å²) in [7, 11) is 2.81. The number of anilines is 2. The molecule has 2 N–H and O–H groups in total. The summed E-state index contributed by atoms with van der Waals surface area (Å²) in [5, 5.41) is 8.98. The number of amides is 1. The predicted octanol–water partition coefficient (Wildman–Crippen LogP) is 5.83. The normalized spacial score (nSPS) is 17.7. The van der Waals surface area contributed by atoms with Crippen LogP contribution in [0.4, 0.5) is 37.8 Å². The van der Waals surface area contributed by atoms with Crippen molar-refractivity contribution in [1.29, 1.82) is 0 Å². The van der Waals surface area contributed by atoms with Gasteiger partial charge in [-0.3, -0.25) is 4.79 Å². The second-order valence-corrected chi connectivity index (χ2v) is 7.99. The minimum absolute atomic E-state index is 0.172. The first-order valence-electron chi connectivity index (χ1n) is 10.5. The van der Waals surface area contributed by atoms with Crippen molar-refractivity contribution in [1.82, 2.24) is 9.78 Å². The number of aromatic nitrogens is 2. The van der Waals surface area contributed by atoms with Crippen molar-refractivity contribution in [2.75, 3.05) is 24.9 Å². The van der Waals surface area contributed by atoms with E-state index in [9.17, 15) is 31.1 Å². The molecule has 1 aliphatic heterocycles. The van der Waals surface area contributed by atoms with Crippen molar-refractivity contribution < 1.29 is 40.6 Å². The third-order valence-corrected chi connectivity index (χ3v) is 5.74. The van der Waals surface area contributed by atoms with Crippen LogP contribution in [0.15, 0.2) is 48.7 Å². The molecule has 7 nitrogen and oxygen atoms in total. The second kappa shape index (κ2) is 9.28. The van der Waals surface area contributed by atoms with Gasteiger partial charge in [0.2, 0.25) is 0 Å². The number of ether oxygens (including phenoxy) is 2. The van der Waals surface area contributed by atoms with E-state index in [-0.39, 0.29) is 17.1 Å². The Bertz CT molecular complexity index is 1270. The van der Waals surface area contributed by atoms with Gasteiger partial charge in [0.25, 0.3) is 5.91 Å². The van der Waals surface area contributed by atoms with Gasteiger partial charge in [-0.05, 0) is 35.9 Å². The van der Waals surface area contributed by atoms with Crippen molar-refractivity contribution in [3.05, 3.63) is 65.4 Å². The van der Waals surface area contributed by atoms with Gasteiger partial charge in [-0.25, -0.2) is 4.68 Å². The van der Waals surface area contributed by atoms with E-state index in [1.54, 1.807) is 12.1 Å². The van der Waals surface area contributed by atoms with Crippen molar-refractivity contribution in [3.63, 3.8) is 0 Å². The van der Waals surface area contributed by atoms with Gasteiger partial charge in [0.05, 0.1) is 32.0 Å². The molecule has 2 aromatic carbocycles. The number of nitrogens with zero attached hydrogens (tertiary/aromatic N) is 2. The highest BCUT2D eigenvalue weighted by molar-refractivity contribution is 6.07. The van der Waals surface area contributed by atoms with E-state index in [1.165, 1.54) is 26.4 Å². The molecule has 0 radical (unpaired) electrons. The van der Waals surface area contributed by atoms with Gasteiger partial charge in [-0.1, -0.05) is 12.1 Å². The number of halogens is 6. The zero-order chi connectivity index (χ0) is 26.3. The van der Waals surface area contributed by atoms with Gasteiger partial charge in [-0.2, -0.15) is 31.4 Å². The lowest BCUT2D eigenvalue weighted by Gasteiger charge is -2.34. The average Bonchev–Trinajstić information content (AvgIpc) is 3.26. The molecule has 3 aromatic rings. The molecule has 0 fully saturated rings. The molecule has 0 bridgehead atoms. The van der Waals surface area contributed by atoms with Crippen LogP contribution < -0.4 is 20.1 Å². The molecule has 4 rings (SSSR count). The summed E-state index contributed by atoms with van der Waals surface area (Å²) in [4.78, 5) is 12.9. The summed E-state index contributed by atoms with van der Waals surface area (Å²) in [6, 6.07) is 5.61. The molecule has 0 unspecified atom stereocenters. The van der Waals surface area contributed by atoms with E-state index in [1.807, 2.05) is 0 Å². The Kier molecular flexibility index (Phi) is 6.50. The monoisotopic (exact) mass is 514 g/mol. The first kappa shape index (κ1) is 25.2. The lowest BCUT2D eigenvalue weighted by Crippen LogP contribution is -2.36. The first-order valence-corrected chi connectivity index (χ1v) is 10.5. The van der Waals surface area contributed by atoms with E-state index >= 15 is 0 Å². The zero-order valence-electron chi connectivity index (χ0n) is 18.9. The maximum atomic E-state index is 13.9. The van der Waals surface area contributed by atoms with Crippen LogP contribution in [0.25, 0.3) is 0 Å². The third-order valence-electron chi connectivity index (χ3n) is 5.74.